The summed E-state index contributed by atoms with van der Waals surface area (Å²) < 4.78 is 37.9. The molecule has 0 aliphatic rings. The molecule has 0 saturated carbocycles. The van der Waals surface area contributed by atoms with Crippen LogP contribution in [0.1, 0.15) is 13.3 Å². The first-order valence-corrected chi connectivity index (χ1v) is 5.72. The third-order valence-corrected chi connectivity index (χ3v) is 3.62. The molecule has 0 aromatic heterocycles. The Kier molecular flexibility index (Phi) is 4.64. The first-order chi connectivity index (χ1) is 4.06. The quantitative estimate of drug-likeness (QED) is 0.547. The van der Waals surface area contributed by atoms with Gasteiger partial charge in [0.25, 0.3) is 0 Å². The average molecular weight is 247 g/mol. The molecule has 0 spiro atoms. The van der Waals surface area contributed by atoms with E-state index in [0.717, 1.165) is 6.42 Å². The van der Waals surface area contributed by atoms with Crippen LogP contribution in [0.3, 0.4) is 0 Å². The summed E-state index contributed by atoms with van der Waals surface area (Å²) in [6, 6.07) is 0. The molecule has 0 fully saturated rings. The van der Waals surface area contributed by atoms with Crippen molar-refractivity contribution >= 4 is 21.6 Å². The van der Waals surface area contributed by atoms with Gasteiger partial charge in [0, 0.05) is 0 Å². The summed E-state index contributed by atoms with van der Waals surface area (Å²) in [5, 5.41) is 0. The second kappa shape index (κ2) is 4.38. The van der Waals surface area contributed by atoms with Crippen molar-refractivity contribution in [2.45, 2.75) is 24.1 Å². The molecule has 0 unspecified atom stereocenters. The minimum atomic E-state index is -4.37. The van der Waals surface area contributed by atoms with Crippen molar-refractivity contribution < 1.29 is 16.2 Å². The topological polar surface area (TPSA) is 9.23 Å². The Morgan fingerprint density at radius 2 is 2.00 bits per heavy atom. The standard InChI is InChI=1S/C3H7.CF3O.Sn/c1-3-2;2-1(3,4)5;/h1,3H2,2H3;;/q;-1;+1. The van der Waals surface area contributed by atoms with Crippen LogP contribution in [0.2, 0.25) is 4.44 Å². The molecule has 0 amide bonds. The molecule has 0 saturated heterocycles. The van der Waals surface area contributed by atoms with E-state index in [4.69, 9.17) is 0 Å². The van der Waals surface area contributed by atoms with Gasteiger partial charge in [0.2, 0.25) is 0 Å². The van der Waals surface area contributed by atoms with Crippen LogP contribution < -0.4 is 0 Å². The van der Waals surface area contributed by atoms with Gasteiger partial charge in [-0.1, -0.05) is 0 Å². The van der Waals surface area contributed by atoms with Gasteiger partial charge in [0.05, 0.1) is 0 Å². The van der Waals surface area contributed by atoms with Crippen molar-refractivity contribution in [1.82, 2.24) is 0 Å². The van der Waals surface area contributed by atoms with Crippen molar-refractivity contribution in [2.75, 3.05) is 0 Å². The summed E-state index contributed by atoms with van der Waals surface area (Å²) >= 11 is -1.56. The number of alkyl halides is 3. The Labute approximate surface area is 62.3 Å². The molecule has 0 heterocycles. The second-order valence-corrected chi connectivity index (χ2v) is 4.28. The van der Waals surface area contributed by atoms with Crippen LogP contribution in [-0.2, 0) is 3.07 Å². The van der Waals surface area contributed by atoms with E-state index in [1.807, 2.05) is 6.92 Å². The molecule has 2 radical (unpaired) electrons. The van der Waals surface area contributed by atoms with Crippen molar-refractivity contribution in [2.24, 2.45) is 0 Å². The Balaban J connectivity index is 3.07. The molecule has 9 heavy (non-hydrogen) atoms. The van der Waals surface area contributed by atoms with Crippen LogP contribution in [0.5, 0.6) is 0 Å². The van der Waals surface area contributed by atoms with E-state index in [2.05, 4.69) is 3.07 Å². The Morgan fingerprint density at radius 3 is 2.33 bits per heavy atom. The zero-order valence-electron chi connectivity index (χ0n) is 4.96. The summed E-state index contributed by atoms with van der Waals surface area (Å²) in [5.74, 6) is 0. The minimum absolute atomic E-state index is 0.628. The zero-order valence-corrected chi connectivity index (χ0v) is 7.81. The fourth-order valence-electron chi connectivity index (χ4n) is 0.235. The molecule has 0 aromatic rings. The fraction of sp³-hybridized carbons (Fsp3) is 1.00. The molecule has 0 N–H and O–H groups in total. The molecule has 54 valence electrons. The Morgan fingerprint density at radius 1 is 1.44 bits per heavy atom. The van der Waals surface area contributed by atoms with Crippen molar-refractivity contribution in [3.05, 3.63) is 0 Å². The summed E-state index contributed by atoms with van der Waals surface area (Å²) in [4.78, 5) is 0. The van der Waals surface area contributed by atoms with Crippen LogP contribution in [0, 0.1) is 0 Å². The first-order valence-electron chi connectivity index (χ1n) is 2.54. The van der Waals surface area contributed by atoms with Crippen molar-refractivity contribution in [1.29, 1.82) is 0 Å². The molecule has 0 aliphatic carbocycles. The van der Waals surface area contributed by atoms with Gasteiger partial charge < -0.3 is 0 Å². The van der Waals surface area contributed by atoms with Gasteiger partial charge in [-0.05, 0) is 0 Å². The van der Waals surface area contributed by atoms with Crippen LogP contribution in [0.25, 0.3) is 0 Å². The fourth-order valence-corrected chi connectivity index (χ4v) is 1.58. The van der Waals surface area contributed by atoms with Crippen LogP contribution in [0.4, 0.5) is 13.2 Å². The predicted octanol–water partition coefficient (Wildman–Crippen LogP) is 1.97. The SMILES string of the molecule is CC[CH2][Sn][O]C(F)(F)F. The molecule has 0 aromatic carbocycles. The van der Waals surface area contributed by atoms with Crippen LogP contribution in [-0.4, -0.2) is 27.9 Å². The average Bonchev–Trinajstić information content (AvgIpc) is 1.63. The van der Waals surface area contributed by atoms with Crippen LogP contribution >= 0.6 is 0 Å². The normalized spacial score (nSPS) is 12.0. The monoisotopic (exact) mass is 248 g/mol. The van der Waals surface area contributed by atoms with Gasteiger partial charge in [-0.15, -0.1) is 0 Å². The van der Waals surface area contributed by atoms with Gasteiger partial charge >= 0.3 is 61.9 Å². The number of halogens is 3. The maximum atomic E-state index is 11.2. The van der Waals surface area contributed by atoms with E-state index in [0.29, 0.717) is 4.44 Å². The van der Waals surface area contributed by atoms with Gasteiger partial charge in [-0.25, -0.2) is 0 Å². The molecular weight excluding hydrogens is 240 g/mol. The molecule has 0 aliphatic heterocycles. The number of hydrogen-bond acceptors (Lipinski definition) is 1. The van der Waals surface area contributed by atoms with E-state index in [1.165, 1.54) is 0 Å². The summed E-state index contributed by atoms with van der Waals surface area (Å²) in [6.45, 7) is 1.85. The Bertz CT molecular complexity index is 72.7. The van der Waals surface area contributed by atoms with Gasteiger partial charge in [-0.2, -0.15) is 0 Å². The number of rotatable bonds is 3. The second-order valence-electron chi connectivity index (χ2n) is 1.44. The van der Waals surface area contributed by atoms with E-state index in [1.54, 1.807) is 0 Å². The van der Waals surface area contributed by atoms with E-state index >= 15 is 0 Å². The zero-order chi connectivity index (χ0) is 7.33. The molecule has 0 rings (SSSR count). The van der Waals surface area contributed by atoms with Crippen molar-refractivity contribution in [3.8, 4) is 0 Å². The number of hydrogen-bond donors (Lipinski definition) is 0. The summed E-state index contributed by atoms with van der Waals surface area (Å²) in [6.07, 6.45) is -3.58. The van der Waals surface area contributed by atoms with E-state index in [9.17, 15) is 13.2 Å². The van der Waals surface area contributed by atoms with Crippen LogP contribution in [0.15, 0.2) is 0 Å². The molecule has 1 nitrogen and oxygen atoms in total. The molecule has 0 atom stereocenters. The van der Waals surface area contributed by atoms with E-state index in [-0.39, 0.29) is 0 Å². The molecule has 0 bridgehead atoms. The van der Waals surface area contributed by atoms with Gasteiger partial charge in [0.1, 0.15) is 0 Å². The first kappa shape index (κ1) is 9.55. The Hall–Kier alpha value is 0.549. The van der Waals surface area contributed by atoms with E-state index < -0.39 is 27.9 Å². The summed E-state index contributed by atoms with van der Waals surface area (Å²) in [5.41, 5.74) is 0. The molecular formula is C4H7F3OSn. The van der Waals surface area contributed by atoms with Crippen molar-refractivity contribution in [3.63, 3.8) is 0 Å². The predicted molar refractivity (Wildman–Crippen MR) is 28.0 cm³/mol. The van der Waals surface area contributed by atoms with Gasteiger partial charge in [-0.3, -0.25) is 0 Å². The maximum absolute atomic E-state index is 11.2. The molecule has 5 heteroatoms. The van der Waals surface area contributed by atoms with Gasteiger partial charge in [0.15, 0.2) is 0 Å². The third-order valence-electron chi connectivity index (χ3n) is 0.540. The third kappa shape index (κ3) is 8.55. The summed E-state index contributed by atoms with van der Waals surface area (Å²) in [7, 11) is 0.